The molecule has 0 saturated carbocycles. The first-order valence-electron chi connectivity index (χ1n) is 9.06. The molecule has 1 unspecified atom stereocenters. The van der Waals surface area contributed by atoms with Crippen molar-refractivity contribution in [1.82, 2.24) is 19.9 Å². The molecule has 1 atom stereocenters. The molecule has 1 aliphatic heterocycles. The molecule has 1 aliphatic rings. The highest BCUT2D eigenvalue weighted by Crippen LogP contribution is 2.36. The zero-order valence-corrected chi connectivity index (χ0v) is 16.3. The number of nitrogens with zero attached hydrogens (tertiary/aromatic N) is 4. The van der Waals surface area contributed by atoms with Crippen molar-refractivity contribution in [2.75, 3.05) is 23.8 Å². The number of aliphatic hydroxyl groups excluding tert-OH is 2. The van der Waals surface area contributed by atoms with Gasteiger partial charge in [0.25, 0.3) is 0 Å². The van der Waals surface area contributed by atoms with E-state index >= 15 is 0 Å². The van der Waals surface area contributed by atoms with E-state index in [1.807, 2.05) is 23.2 Å². The molecule has 28 heavy (non-hydrogen) atoms. The van der Waals surface area contributed by atoms with E-state index in [2.05, 4.69) is 48.0 Å². The van der Waals surface area contributed by atoms with Gasteiger partial charge >= 0.3 is 0 Å². The van der Waals surface area contributed by atoms with Crippen LogP contribution in [0.5, 0.6) is 0 Å². The van der Waals surface area contributed by atoms with E-state index in [4.69, 9.17) is 10.1 Å². The Morgan fingerprint density at radius 2 is 2.04 bits per heavy atom. The van der Waals surface area contributed by atoms with Crippen LogP contribution in [-0.2, 0) is 0 Å². The number of aromatic nitrogens is 3. The van der Waals surface area contributed by atoms with E-state index in [1.54, 1.807) is 18.6 Å². The van der Waals surface area contributed by atoms with E-state index in [0.717, 1.165) is 11.1 Å². The van der Waals surface area contributed by atoms with Gasteiger partial charge in [-0.25, -0.2) is 9.97 Å². The van der Waals surface area contributed by atoms with Crippen LogP contribution in [0.3, 0.4) is 0 Å². The monoisotopic (exact) mass is 382 g/mol. The van der Waals surface area contributed by atoms with Crippen LogP contribution in [0, 0.1) is 0 Å². The van der Waals surface area contributed by atoms with Crippen LogP contribution in [0.1, 0.15) is 31.9 Å². The van der Waals surface area contributed by atoms with Crippen LogP contribution in [0.4, 0.5) is 17.5 Å². The average molecular weight is 382 g/mol. The maximum absolute atomic E-state index is 9.82. The number of rotatable bonds is 6. The first kappa shape index (κ1) is 19.8. The molecule has 0 spiro atoms. The smallest absolute Gasteiger partial charge is 0.150 e. The molecule has 3 rings (SSSR count). The van der Waals surface area contributed by atoms with Gasteiger partial charge in [-0.1, -0.05) is 6.58 Å². The van der Waals surface area contributed by atoms with Gasteiger partial charge in [0.2, 0.25) is 0 Å². The normalized spacial score (nSPS) is 14.6. The number of β-amino-alcohol motifs (C(OH)–C–C–N with tert-alkyl or cyclic N) is 1. The summed E-state index contributed by atoms with van der Waals surface area (Å²) in [5, 5.41) is 25.6. The van der Waals surface area contributed by atoms with Crippen molar-refractivity contribution in [2.24, 2.45) is 0 Å². The fraction of sp³-hybridized carbons (Fsp3) is 0.350. The maximum atomic E-state index is 9.82. The predicted octanol–water partition coefficient (Wildman–Crippen LogP) is 2.44. The molecule has 148 valence electrons. The molecule has 3 heterocycles. The Balaban J connectivity index is 2.00. The van der Waals surface area contributed by atoms with Crippen molar-refractivity contribution >= 4 is 29.2 Å². The third-order valence-corrected chi connectivity index (χ3v) is 4.05. The van der Waals surface area contributed by atoms with Crippen molar-refractivity contribution in [3.63, 3.8) is 0 Å². The van der Waals surface area contributed by atoms with Crippen LogP contribution in [0.15, 0.2) is 37.4 Å². The first-order chi connectivity index (χ1) is 13.3. The van der Waals surface area contributed by atoms with Gasteiger partial charge in [0.1, 0.15) is 17.5 Å². The second-order valence-corrected chi connectivity index (χ2v) is 7.66. The minimum absolute atomic E-state index is 0.219. The highest BCUT2D eigenvalue weighted by molar-refractivity contribution is 5.85. The second-order valence-electron chi connectivity index (χ2n) is 7.66. The molecular formula is C20H26N6O2. The minimum Gasteiger partial charge on any atom is -0.394 e. The standard InChI is InChI=1S/C20H26N6O2/c1-13-18-14(5-8-26(13)11-15(28)12-27)9-16(23-17-10-21-6-7-22-17)24-19(18)25-20(2,3)4/h5-10,15,27-28H,1,11-12H2,2-4H3,(H2,22,23,24,25). The molecule has 0 aliphatic carbocycles. The van der Waals surface area contributed by atoms with Crippen LogP contribution in [0.25, 0.3) is 11.8 Å². The molecule has 4 N–H and O–H groups in total. The van der Waals surface area contributed by atoms with Crippen LogP contribution in [-0.4, -0.2) is 54.9 Å². The molecule has 8 heteroatoms. The summed E-state index contributed by atoms with van der Waals surface area (Å²) in [6, 6.07) is 1.92. The van der Waals surface area contributed by atoms with Crippen molar-refractivity contribution in [2.45, 2.75) is 32.4 Å². The number of pyridine rings is 1. The van der Waals surface area contributed by atoms with Crippen molar-refractivity contribution in [3.05, 3.63) is 48.6 Å². The van der Waals surface area contributed by atoms with Gasteiger partial charge < -0.3 is 25.7 Å². The third kappa shape index (κ3) is 4.65. The largest absolute Gasteiger partial charge is 0.394 e. The van der Waals surface area contributed by atoms with Crippen LogP contribution in [0.2, 0.25) is 0 Å². The van der Waals surface area contributed by atoms with Gasteiger partial charge in [-0.3, -0.25) is 4.98 Å². The average Bonchev–Trinajstić information content (AvgIpc) is 2.63. The van der Waals surface area contributed by atoms with Crippen LogP contribution >= 0.6 is 0 Å². The number of nitrogens with one attached hydrogen (secondary N) is 2. The molecule has 0 saturated heterocycles. The van der Waals surface area contributed by atoms with E-state index in [9.17, 15) is 5.11 Å². The van der Waals surface area contributed by atoms with Crippen molar-refractivity contribution < 1.29 is 10.2 Å². The van der Waals surface area contributed by atoms with E-state index in [0.29, 0.717) is 23.2 Å². The molecular weight excluding hydrogens is 356 g/mol. The molecule has 2 aromatic heterocycles. The number of hydrogen-bond donors (Lipinski definition) is 4. The molecule has 8 nitrogen and oxygen atoms in total. The Hall–Kier alpha value is -2.97. The Kier molecular flexibility index (Phi) is 5.62. The summed E-state index contributed by atoms with van der Waals surface area (Å²) in [6.07, 6.45) is 7.78. The lowest BCUT2D eigenvalue weighted by Gasteiger charge is -2.32. The summed E-state index contributed by atoms with van der Waals surface area (Å²) in [7, 11) is 0. The SMILES string of the molecule is C=C1c2c(cc(Nc3cnccn3)nc2NC(C)(C)C)C=CN1CC(O)CO. The Morgan fingerprint density at radius 1 is 1.25 bits per heavy atom. The zero-order valence-electron chi connectivity index (χ0n) is 16.3. The van der Waals surface area contributed by atoms with E-state index < -0.39 is 6.10 Å². The van der Waals surface area contributed by atoms with Gasteiger partial charge in [0, 0.05) is 35.4 Å². The Bertz CT molecular complexity index is 876. The third-order valence-electron chi connectivity index (χ3n) is 4.05. The number of hydrogen-bond acceptors (Lipinski definition) is 8. The number of anilines is 3. The quantitative estimate of drug-likeness (QED) is 0.604. The molecule has 0 radical (unpaired) electrons. The fourth-order valence-corrected chi connectivity index (χ4v) is 2.86. The number of aliphatic hydroxyl groups is 2. The summed E-state index contributed by atoms with van der Waals surface area (Å²) in [5.74, 6) is 1.91. The summed E-state index contributed by atoms with van der Waals surface area (Å²) < 4.78 is 0. The lowest BCUT2D eigenvalue weighted by Crippen LogP contribution is -2.32. The summed E-state index contributed by atoms with van der Waals surface area (Å²) >= 11 is 0. The first-order valence-corrected chi connectivity index (χ1v) is 9.06. The van der Waals surface area contributed by atoms with Crippen molar-refractivity contribution in [1.29, 1.82) is 0 Å². The minimum atomic E-state index is -0.854. The number of fused-ring (bicyclic) bond motifs is 1. The lowest BCUT2D eigenvalue weighted by molar-refractivity contribution is 0.0821. The lowest BCUT2D eigenvalue weighted by atomic mass is 10.00. The second kappa shape index (κ2) is 7.95. The van der Waals surface area contributed by atoms with Crippen molar-refractivity contribution in [3.8, 4) is 0 Å². The Morgan fingerprint density at radius 3 is 2.68 bits per heavy atom. The molecule has 0 bridgehead atoms. The molecule has 0 amide bonds. The highest BCUT2D eigenvalue weighted by Gasteiger charge is 2.24. The highest BCUT2D eigenvalue weighted by atomic mass is 16.3. The summed E-state index contributed by atoms with van der Waals surface area (Å²) in [6.45, 7) is 10.3. The van der Waals surface area contributed by atoms with Gasteiger partial charge in [-0.15, -0.1) is 0 Å². The molecule has 0 aromatic carbocycles. The van der Waals surface area contributed by atoms with E-state index in [-0.39, 0.29) is 18.7 Å². The van der Waals surface area contributed by atoms with Gasteiger partial charge in [0.05, 0.1) is 25.5 Å². The predicted molar refractivity (Wildman–Crippen MR) is 111 cm³/mol. The zero-order chi connectivity index (χ0) is 20.3. The maximum Gasteiger partial charge on any atom is 0.150 e. The Labute approximate surface area is 164 Å². The van der Waals surface area contributed by atoms with Gasteiger partial charge in [-0.05, 0) is 38.5 Å². The molecule has 2 aromatic rings. The summed E-state index contributed by atoms with van der Waals surface area (Å²) in [5.41, 5.74) is 2.28. The fourth-order valence-electron chi connectivity index (χ4n) is 2.86. The van der Waals surface area contributed by atoms with Gasteiger partial charge in [0.15, 0.2) is 0 Å². The molecule has 0 fully saturated rings. The topological polar surface area (TPSA) is 106 Å². The van der Waals surface area contributed by atoms with Crippen LogP contribution < -0.4 is 10.6 Å². The summed E-state index contributed by atoms with van der Waals surface area (Å²) in [4.78, 5) is 14.8. The van der Waals surface area contributed by atoms with E-state index in [1.165, 1.54) is 0 Å². The van der Waals surface area contributed by atoms with Gasteiger partial charge in [-0.2, -0.15) is 0 Å².